The predicted molar refractivity (Wildman–Crippen MR) is 61.8 cm³/mol. The summed E-state index contributed by atoms with van der Waals surface area (Å²) in [5.41, 5.74) is 2.16. The zero-order valence-electron chi connectivity index (χ0n) is 9.14. The molecule has 0 amide bonds. The molecule has 2 rings (SSSR count). The van der Waals surface area contributed by atoms with Crippen LogP contribution in [0.1, 0.15) is 5.69 Å². The van der Waals surface area contributed by atoms with Crippen LogP contribution in [0.3, 0.4) is 0 Å². The molecule has 3 nitrogen and oxygen atoms in total. The van der Waals surface area contributed by atoms with Crippen molar-refractivity contribution in [3.05, 3.63) is 36.3 Å². The summed E-state index contributed by atoms with van der Waals surface area (Å²) in [5.74, 6) is 0. The minimum Gasteiger partial charge on any atom is -0.309 e. The van der Waals surface area contributed by atoms with Crippen molar-refractivity contribution in [2.24, 2.45) is 0 Å². The van der Waals surface area contributed by atoms with Crippen molar-refractivity contribution in [3.63, 3.8) is 0 Å². The molecule has 1 aromatic carbocycles. The van der Waals surface area contributed by atoms with Gasteiger partial charge in [-0.25, -0.2) is 9.97 Å². The molecule has 0 spiro atoms. The molecule has 0 bridgehead atoms. The lowest BCUT2D eigenvalue weighted by molar-refractivity contribution is 0.412. The van der Waals surface area contributed by atoms with Gasteiger partial charge in [-0.15, -0.1) is 0 Å². The molecule has 0 unspecified atom stereocenters. The molecule has 0 saturated carbocycles. The number of hydrogen-bond donors (Lipinski definition) is 0. The summed E-state index contributed by atoms with van der Waals surface area (Å²) >= 11 is 0. The highest BCUT2D eigenvalue weighted by molar-refractivity contribution is 5.80. The molecule has 3 heteroatoms. The lowest BCUT2D eigenvalue weighted by Crippen LogP contribution is -2.15. The monoisotopic (exact) mass is 201 g/mol. The van der Waals surface area contributed by atoms with E-state index in [1.165, 1.54) is 5.39 Å². The number of likely N-dealkylation sites (N-methyl/N-ethyl adjacent to an activating group) is 1. The van der Waals surface area contributed by atoms with E-state index in [0.717, 1.165) is 24.2 Å². The normalized spacial score (nSPS) is 11.1. The zero-order chi connectivity index (χ0) is 10.7. The smallest absolute Gasteiger partial charge is 0.116 e. The molecule has 0 radical (unpaired) electrons. The van der Waals surface area contributed by atoms with E-state index in [1.807, 2.05) is 18.2 Å². The Kier molecular flexibility index (Phi) is 2.92. The van der Waals surface area contributed by atoms with Gasteiger partial charge in [0, 0.05) is 18.4 Å². The Balaban J connectivity index is 2.34. The second-order valence-corrected chi connectivity index (χ2v) is 3.89. The molecule has 0 N–H and O–H groups in total. The van der Waals surface area contributed by atoms with Gasteiger partial charge < -0.3 is 4.90 Å². The Morgan fingerprint density at radius 3 is 2.73 bits per heavy atom. The average molecular weight is 201 g/mol. The number of aromatic nitrogens is 2. The maximum absolute atomic E-state index is 4.34. The quantitative estimate of drug-likeness (QED) is 0.757. The fraction of sp³-hybridized carbons (Fsp3) is 0.333. The van der Waals surface area contributed by atoms with Crippen molar-refractivity contribution in [1.82, 2.24) is 14.9 Å². The van der Waals surface area contributed by atoms with Crippen LogP contribution >= 0.6 is 0 Å². The molecule has 15 heavy (non-hydrogen) atoms. The number of nitrogens with zero attached hydrogens (tertiary/aromatic N) is 3. The third-order valence-electron chi connectivity index (χ3n) is 2.42. The van der Waals surface area contributed by atoms with Crippen LogP contribution in [0.4, 0.5) is 0 Å². The Labute approximate surface area is 89.8 Å². The first-order valence-corrected chi connectivity index (χ1v) is 5.11. The zero-order valence-corrected chi connectivity index (χ0v) is 9.14. The third-order valence-corrected chi connectivity index (χ3v) is 2.42. The Hall–Kier alpha value is -1.48. The highest BCUT2D eigenvalue weighted by Gasteiger charge is 2.02. The van der Waals surface area contributed by atoms with Gasteiger partial charge in [0.25, 0.3) is 0 Å². The Morgan fingerprint density at radius 1 is 1.13 bits per heavy atom. The van der Waals surface area contributed by atoms with Gasteiger partial charge in [0.1, 0.15) is 6.33 Å². The summed E-state index contributed by atoms with van der Waals surface area (Å²) in [6, 6.07) is 8.15. The van der Waals surface area contributed by atoms with Gasteiger partial charge in [0.15, 0.2) is 0 Å². The van der Waals surface area contributed by atoms with Crippen LogP contribution in [0.5, 0.6) is 0 Å². The number of para-hydroxylation sites is 1. The lowest BCUT2D eigenvalue weighted by atomic mass is 10.1. The van der Waals surface area contributed by atoms with Gasteiger partial charge >= 0.3 is 0 Å². The summed E-state index contributed by atoms with van der Waals surface area (Å²) in [7, 11) is 4.15. The predicted octanol–water partition coefficient (Wildman–Crippen LogP) is 1.73. The second-order valence-electron chi connectivity index (χ2n) is 3.89. The second kappa shape index (κ2) is 4.36. The van der Waals surface area contributed by atoms with Crippen molar-refractivity contribution in [2.75, 3.05) is 20.6 Å². The molecule has 0 aliphatic carbocycles. The first-order valence-electron chi connectivity index (χ1n) is 5.11. The molecular weight excluding hydrogens is 186 g/mol. The minimum absolute atomic E-state index is 0.968. The lowest BCUT2D eigenvalue weighted by Gasteiger charge is -2.09. The van der Waals surface area contributed by atoms with E-state index in [0.29, 0.717) is 0 Å². The SMILES string of the molecule is CN(C)CCc1ncnc2ccccc12. The summed E-state index contributed by atoms with van der Waals surface area (Å²) in [5, 5.41) is 1.17. The molecule has 2 aromatic rings. The highest BCUT2D eigenvalue weighted by atomic mass is 15.0. The Bertz CT molecular complexity index is 446. The highest BCUT2D eigenvalue weighted by Crippen LogP contribution is 2.14. The summed E-state index contributed by atoms with van der Waals surface area (Å²) in [6.45, 7) is 1.01. The maximum Gasteiger partial charge on any atom is 0.116 e. The number of hydrogen-bond acceptors (Lipinski definition) is 3. The summed E-state index contributed by atoms with van der Waals surface area (Å²) in [6.07, 6.45) is 2.61. The van der Waals surface area contributed by atoms with Crippen LogP contribution in [0.15, 0.2) is 30.6 Å². The number of benzene rings is 1. The van der Waals surface area contributed by atoms with E-state index < -0.39 is 0 Å². The molecule has 0 aliphatic rings. The van der Waals surface area contributed by atoms with Crippen molar-refractivity contribution in [2.45, 2.75) is 6.42 Å². The van der Waals surface area contributed by atoms with E-state index in [4.69, 9.17) is 0 Å². The van der Waals surface area contributed by atoms with Crippen molar-refractivity contribution in [1.29, 1.82) is 0 Å². The van der Waals surface area contributed by atoms with Crippen LogP contribution in [0.2, 0.25) is 0 Å². The fourth-order valence-electron chi connectivity index (χ4n) is 1.59. The molecule has 0 saturated heterocycles. The largest absolute Gasteiger partial charge is 0.309 e. The number of rotatable bonds is 3. The molecule has 1 heterocycles. The standard InChI is InChI=1S/C12H15N3/c1-15(2)8-7-12-10-5-3-4-6-11(10)13-9-14-12/h3-6,9H,7-8H2,1-2H3. The van der Waals surface area contributed by atoms with Gasteiger partial charge in [-0.3, -0.25) is 0 Å². The Morgan fingerprint density at radius 2 is 1.93 bits per heavy atom. The summed E-state index contributed by atoms with van der Waals surface area (Å²) in [4.78, 5) is 10.7. The van der Waals surface area contributed by atoms with E-state index in [1.54, 1.807) is 6.33 Å². The average Bonchev–Trinajstić information content (AvgIpc) is 2.26. The van der Waals surface area contributed by atoms with E-state index in [9.17, 15) is 0 Å². The van der Waals surface area contributed by atoms with Gasteiger partial charge in [-0.2, -0.15) is 0 Å². The van der Waals surface area contributed by atoms with Gasteiger partial charge in [0.2, 0.25) is 0 Å². The van der Waals surface area contributed by atoms with Crippen LogP contribution in [0.25, 0.3) is 10.9 Å². The molecule has 0 atom stereocenters. The molecule has 1 aromatic heterocycles. The van der Waals surface area contributed by atoms with Gasteiger partial charge in [0.05, 0.1) is 11.2 Å². The van der Waals surface area contributed by atoms with E-state index >= 15 is 0 Å². The van der Waals surface area contributed by atoms with Crippen LogP contribution < -0.4 is 0 Å². The van der Waals surface area contributed by atoms with Crippen molar-refractivity contribution in [3.8, 4) is 0 Å². The van der Waals surface area contributed by atoms with Gasteiger partial charge in [-0.05, 0) is 20.2 Å². The molecule has 78 valence electrons. The first kappa shape index (κ1) is 10.1. The summed E-state index contributed by atoms with van der Waals surface area (Å²) < 4.78 is 0. The third kappa shape index (κ3) is 2.30. The van der Waals surface area contributed by atoms with E-state index in [2.05, 4.69) is 35.0 Å². The fourth-order valence-corrected chi connectivity index (χ4v) is 1.59. The van der Waals surface area contributed by atoms with Crippen LogP contribution in [-0.4, -0.2) is 35.5 Å². The maximum atomic E-state index is 4.34. The number of fused-ring (bicyclic) bond motifs is 1. The molecular formula is C12H15N3. The van der Waals surface area contributed by atoms with Crippen LogP contribution in [-0.2, 0) is 6.42 Å². The van der Waals surface area contributed by atoms with Crippen molar-refractivity contribution >= 4 is 10.9 Å². The minimum atomic E-state index is 0.968. The van der Waals surface area contributed by atoms with Gasteiger partial charge in [-0.1, -0.05) is 18.2 Å². The topological polar surface area (TPSA) is 29.0 Å². The van der Waals surface area contributed by atoms with Crippen molar-refractivity contribution < 1.29 is 0 Å². The molecule has 0 fully saturated rings. The first-order chi connectivity index (χ1) is 7.27. The van der Waals surface area contributed by atoms with E-state index in [-0.39, 0.29) is 0 Å². The molecule has 0 aliphatic heterocycles. The van der Waals surface area contributed by atoms with Crippen LogP contribution in [0, 0.1) is 0 Å².